The minimum Gasteiger partial charge on any atom is -0.303 e. The second-order valence-corrected chi connectivity index (χ2v) is 8.45. The van der Waals surface area contributed by atoms with E-state index < -0.39 is 0 Å². The summed E-state index contributed by atoms with van der Waals surface area (Å²) in [6.45, 7) is 0.465. The number of hydrogen-bond donors (Lipinski definition) is 1. The van der Waals surface area contributed by atoms with Gasteiger partial charge in [0.1, 0.15) is 0 Å². The Morgan fingerprint density at radius 3 is 2.68 bits per heavy atom. The number of benzene rings is 3. The summed E-state index contributed by atoms with van der Waals surface area (Å²) in [6.07, 6.45) is 6.41. The van der Waals surface area contributed by atoms with Gasteiger partial charge in [-0.2, -0.15) is 5.10 Å². The average molecular weight is 407 g/mol. The summed E-state index contributed by atoms with van der Waals surface area (Å²) in [5.41, 5.74) is 7.00. The summed E-state index contributed by atoms with van der Waals surface area (Å²) in [4.78, 5) is 27.2. The molecule has 0 bridgehead atoms. The Balaban J connectivity index is 1.16. The molecule has 0 radical (unpaired) electrons. The van der Waals surface area contributed by atoms with E-state index in [9.17, 15) is 9.59 Å². The molecule has 2 amide bonds. The topological polar surface area (TPSA) is 61.8 Å². The minimum absolute atomic E-state index is 0.0182. The molecule has 3 aromatic carbocycles. The highest BCUT2D eigenvalue weighted by atomic mass is 16.2. The van der Waals surface area contributed by atoms with Crippen LogP contribution in [0.3, 0.4) is 0 Å². The second-order valence-electron chi connectivity index (χ2n) is 8.45. The molecule has 0 spiro atoms. The molecule has 2 aliphatic carbocycles. The van der Waals surface area contributed by atoms with Crippen LogP contribution in [0, 0.1) is 11.8 Å². The summed E-state index contributed by atoms with van der Waals surface area (Å²) in [5, 5.41) is 6.42. The lowest BCUT2D eigenvalue weighted by molar-refractivity contribution is 0.0952. The molecule has 1 aliphatic heterocycles. The van der Waals surface area contributed by atoms with Crippen molar-refractivity contribution < 1.29 is 9.59 Å². The standard InChI is InChI=1S/C26H21N3O2/c30-25(28-27-22-14-19-6-2-7-20(19)22)18-12-10-16(11-13-18)15-29-23-9-3-5-17-4-1-8-21(24(17)23)26(29)31/h1-6,8-13,19-20H,7,14-15H2,(H,28,30)/b27-22-/t19-,20+/m0/s1. The maximum Gasteiger partial charge on any atom is 0.271 e. The number of anilines is 1. The summed E-state index contributed by atoms with van der Waals surface area (Å²) in [5.74, 6) is 0.905. The van der Waals surface area contributed by atoms with Crippen molar-refractivity contribution in [3.8, 4) is 0 Å². The van der Waals surface area contributed by atoms with Crippen molar-refractivity contribution in [3.63, 3.8) is 0 Å². The zero-order valence-corrected chi connectivity index (χ0v) is 16.9. The number of rotatable bonds is 4. The quantitative estimate of drug-likeness (QED) is 0.504. The van der Waals surface area contributed by atoms with E-state index >= 15 is 0 Å². The zero-order chi connectivity index (χ0) is 20.9. The summed E-state index contributed by atoms with van der Waals surface area (Å²) >= 11 is 0. The number of hydrogen-bond acceptors (Lipinski definition) is 3. The van der Waals surface area contributed by atoms with Crippen molar-refractivity contribution >= 4 is 34.0 Å². The molecule has 0 aromatic heterocycles. The van der Waals surface area contributed by atoms with Crippen LogP contribution in [-0.2, 0) is 6.54 Å². The van der Waals surface area contributed by atoms with Crippen LogP contribution in [0.15, 0.2) is 77.9 Å². The Morgan fingerprint density at radius 1 is 1.06 bits per heavy atom. The second kappa shape index (κ2) is 6.91. The van der Waals surface area contributed by atoms with Crippen LogP contribution in [0.25, 0.3) is 10.8 Å². The Labute approximate surface area is 180 Å². The summed E-state index contributed by atoms with van der Waals surface area (Å²) in [6, 6.07) is 19.2. The molecule has 1 N–H and O–H groups in total. The van der Waals surface area contributed by atoms with Gasteiger partial charge in [-0.05, 0) is 54.0 Å². The molecule has 1 saturated carbocycles. The number of carbonyl (C=O) groups is 2. The van der Waals surface area contributed by atoms with Crippen LogP contribution in [0.2, 0.25) is 0 Å². The van der Waals surface area contributed by atoms with Crippen molar-refractivity contribution in [2.45, 2.75) is 19.4 Å². The van der Waals surface area contributed by atoms with Crippen LogP contribution in [-0.4, -0.2) is 17.5 Å². The third-order valence-electron chi connectivity index (χ3n) is 6.67. The third kappa shape index (κ3) is 2.88. The van der Waals surface area contributed by atoms with Gasteiger partial charge in [-0.15, -0.1) is 0 Å². The van der Waals surface area contributed by atoms with Gasteiger partial charge < -0.3 is 4.90 Å². The number of nitrogens with one attached hydrogen (secondary N) is 1. The van der Waals surface area contributed by atoms with Gasteiger partial charge in [-0.25, -0.2) is 5.43 Å². The lowest BCUT2D eigenvalue weighted by Gasteiger charge is -2.31. The molecule has 1 heterocycles. The Kier molecular flexibility index (Phi) is 4.03. The fourth-order valence-electron chi connectivity index (χ4n) is 4.93. The van der Waals surface area contributed by atoms with E-state index in [1.807, 2.05) is 48.5 Å². The van der Waals surface area contributed by atoms with Crippen molar-refractivity contribution in [1.29, 1.82) is 0 Å². The molecule has 2 atom stereocenters. The van der Waals surface area contributed by atoms with Gasteiger partial charge in [-0.3, -0.25) is 9.59 Å². The first-order valence-corrected chi connectivity index (χ1v) is 10.6. The van der Waals surface area contributed by atoms with Crippen LogP contribution in [0.5, 0.6) is 0 Å². The van der Waals surface area contributed by atoms with Gasteiger partial charge >= 0.3 is 0 Å². The van der Waals surface area contributed by atoms with Gasteiger partial charge in [0.05, 0.1) is 12.2 Å². The maximum absolute atomic E-state index is 13.0. The van der Waals surface area contributed by atoms with E-state index in [0.717, 1.165) is 46.1 Å². The number of carbonyl (C=O) groups excluding carboxylic acids is 2. The van der Waals surface area contributed by atoms with E-state index in [2.05, 4.69) is 22.7 Å². The molecule has 152 valence electrons. The minimum atomic E-state index is -0.206. The molecule has 5 heteroatoms. The zero-order valence-electron chi connectivity index (χ0n) is 16.9. The number of allylic oxidation sites excluding steroid dienone is 2. The first-order chi connectivity index (χ1) is 15.2. The average Bonchev–Trinajstić information content (AvgIpc) is 3.29. The highest BCUT2D eigenvalue weighted by Crippen LogP contribution is 2.40. The van der Waals surface area contributed by atoms with Gasteiger partial charge in [-0.1, -0.05) is 48.6 Å². The fraction of sp³-hybridized carbons (Fsp3) is 0.192. The number of nitrogens with zero attached hydrogens (tertiary/aromatic N) is 2. The first-order valence-electron chi connectivity index (χ1n) is 10.6. The van der Waals surface area contributed by atoms with Gasteiger partial charge in [0.25, 0.3) is 11.8 Å². The first kappa shape index (κ1) is 18.1. The predicted octanol–water partition coefficient (Wildman–Crippen LogP) is 4.68. The Hall–Kier alpha value is -3.73. The summed E-state index contributed by atoms with van der Waals surface area (Å²) in [7, 11) is 0. The predicted molar refractivity (Wildman–Crippen MR) is 121 cm³/mol. The highest BCUT2D eigenvalue weighted by molar-refractivity contribution is 6.24. The van der Waals surface area contributed by atoms with Gasteiger partial charge in [0, 0.05) is 28.1 Å². The van der Waals surface area contributed by atoms with Crippen molar-refractivity contribution in [1.82, 2.24) is 5.43 Å². The molecule has 31 heavy (non-hydrogen) atoms. The van der Waals surface area contributed by atoms with Gasteiger partial charge in [0.15, 0.2) is 0 Å². The normalized spacial score (nSPS) is 22.1. The Bertz CT molecular complexity index is 1280. The van der Waals surface area contributed by atoms with Crippen LogP contribution < -0.4 is 10.3 Å². The number of fused-ring (bicyclic) bond motifs is 1. The largest absolute Gasteiger partial charge is 0.303 e. The molecule has 5 nitrogen and oxygen atoms in total. The molecule has 0 saturated heterocycles. The van der Waals surface area contributed by atoms with E-state index in [1.165, 1.54) is 0 Å². The highest BCUT2D eigenvalue weighted by Gasteiger charge is 2.38. The molecule has 0 unspecified atom stereocenters. The third-order valence-corrected chi connectivity index (χ3v) is 6.67. The van der Waals surface area contributed by atoms with Crippen molar-refractivity contribution in [2.75, 3.05) is 4.90 Å². The fourth-order valence-corrected chi connectivity index (χ4v) is 4.93. The van der Waals surface area contributed by atoms with E-state index in [1.54, 1.807) is 17.0 Å². The Morgan fingerprint density at radius 2 is 1.87 bits per heavy atom. The maximum atomic E-state index is 13.0. The monoisotopic (exact) mass is 407 g/mol. The lowest BCUT2D eigenvalue weighted by Crippen LogP contribution is -2.35. The number of amides is 2. The molecule has 3 aliphatic rings. The molecule has 1 fully saturated rings. The molecular formula is C26H21N3O2. The van der Waals surface area contributed by atoms with E-state index in [0.29, 0.717) is 23.9 Å². The van der Waals surface area contributed by atoms with Crippen molar-refractivity contribution in [3.05, 3.63) is 89.5 Å². The smallest absolute Gasteiger partial charge is 0.271 e. The van der Waals surface area contributed by atoms with Crippen molar-refractivity contribution in [2.24, 2.45) is 16.9 Å². The van der Waals surface area contributed by atoms with Gasteiger partial charge in [0.2, 0.25) is 0 Å². The van der Waals surface area contributed by atoms with Crippen LogP contribution >= 0.6 is 0 Å². The SMILES string of the molecule is O=C(N/N=C1/C[C@@H]2C=CC[C@@H]12)c1ccc(CN2C(=O)c3cccc4cccc2c34)cc1. The lowest BCUT2D eigenvalue weighted by atomic mass is 9.74. The summed E-state index contributed by atoms with van der Waals surface area (Å²) < 4.78 is 0. The van der Waals surface area contributed by atoms with E-state index in [-0.39, 0.29) is 11.8 Å². The van der Waals surface area contributed by atoms with E-state index in [4.69, 9.17) is 0 Å². The van der Waals surface area contributed by atoms with Crippen LogP contribution in [0.1, 0.15) is 39.1 Å². The molecule has 6 rings (SSSR count). The van der Waals surface area contributed by atoms with Crippen LogP contribution in [0.4, 0.5) is 5.69 Å². The molecular weight excluding hydrogens is 386 g/mol. The molecule has 3 aromatic rings. The number of hydrazone groups is 1.